The van der Waals surface area contributed by atoms with Gasteiger partial charge in [0.05, 0.1) is 0 Å². The van der Waals surface area contributed by atoms with Gasteiger partial charge >= 0.3 is 0 Å². The molecule has 4 nitrogen and oxygen atoms in total. The highest BCUT2D eigenvalue weighted by molar-refractivity contribution is 9.10. The Labute approximate surface area is 110 Å². The van der Waals surface area contributed by atoms with Gasteiger partial charge in [0.15, 0.2) is 5.82 Å². The second kappa shape index (κ2) is 4.85. The van der Waals surface area contributed by atoms with Crippen LogP contribution in [0.25, 0.3) is 0 Å². The molecule has 0 saturated heterocycles. The highest BCUT2D eigenvalue weighted by Crippen LogP contribution is 2.20. The second-order valence-corrected chi connectivity index (χ2v) is 4.55. The van der Waals surface area contributed by atoms with Crippen molar-refractivity contribution in [2.24, 2.45) is 0 Å². The number of benzene rings is 1. The molecule has 0 aliphatic carbocycles. The zero-order valence-electron chi connectivity index (χ0n) is 9.22. The fourth-order valence-corrected chi connectivity index (χ4v) is 1.82. The number of aromatic nitrogens is 2. The van der Waals surface area contributed by atoms with Crippen LogP contribution in [0.1, 0.15) is 16.1 Å². The van der Waals surface area contributed by atoms with E-state index in [0.717, 1.165) is 17.8 Å². The first-order valence-electron chi connectivity index (χ1n) is 4.95. The van der Waals surface area contributed by atoms with E-state index in [9.17, 15) is 13.6 Å². The standard InChI is InChI=1S/C11H8BrF2N3O/c1-5-2-9(17-16-5)15-11(18)10-7(13)3-6(12)4-8(10)14/h2-4H,1H3,(H2,15,16,17,18). The first-order chi connectivity index (χ1) is 8.47. The van der Waals surface area contributed by atoms with Crippen LogP contribution in [0.5, 0.6) is 0 Å². The molecule has 0 unspecified atom stereocenters. The number of hydrogen-bond acceptors (Lipinski definition) is 2. The average Bonchev–Trinajstić information content (AvgIpc) is 2.62. The predicted octanol–water partition coefficient (Wildman–Crippen LogP) is 3.01. The summed E-state index contributed by atoms with van der Waals surface area (Å²) in [5.74, 6) is -2.55. The molecule has 2 rings (SSSR count). The molecule has 0 spiro atoms. The molecule has 2 N–H and O–H groups in total. The van der Waals surface area contributed by atoms with Gasteiger partial charge in [0.25, 0.3) is 5.91 Å². The zero-order valence-corrected chi connectivity index (χ0v) is 10.8. The van der Waals surface area contributed by atoms with Crippen molar-refractivity contribution in [1.29, 1.82) is 0 Å². The molecule has 7 heteroatoms. The van der Waals surface area contributed by atoms with Crippen LogP contribution in [0.15, 0.2) is 22.7 Å². The molecule has 0 saturated carbocycles. The van der Waals surface area contributed by atoms with E-state index >= 15 is 0 Å². The normalized spacial score (nSPS) is 10.4. The number of aromatic amines is 1. The van der Waals surface area contributed by atoms with Crippen LogP contribution in [-0.2, 0) is 0 Å². The Kier molecular flexibility index (Phi) is 3.42. The van der Waals surface area contributed by atoms with Gasteiger partial charge in [-0.15, -0.1) is 0 Å². The molecule has 1 aromatic heterocycles. The molecule has 0 radical (unpaired) electrons. The third kappa shape index (κ3) is 2.56. The monoisotopic (exact) mass is 315 g/mol. The minimum atomic E-state index is -0.938. The van der Waals surface area contributed by atoms with Crippen molar-refractivity contribution in [2.45, 2.75) is 6.92 Å². The Bertz CT molecular complexity index is 589. The maximum Gasteiger partial charge on any atom is 0.262 e. The van der Waals surface area contributed by atoms with E-state index in [-0.39, 0.29) is 10.3 Å². The highest BCUT2D eigenvalue weighted by Gasteiger charge is 2.19. The molecule has 0 atom stereocenters. The molecule has 1 aromatic carbocycles. The van der Waals surface area contributed by atoms with Gasteiger partial charge in [-0.05, 0) is 19.1 Å². The molecule has 0 bridgehead atoms. The zero-order chi connectivity index (χ0) is 13.3. The Morgan fingerprint density at radius 3 is 2.44 bits per heavy atom. The Hall–Kier alpha value is -1.76. The van der Waals surface area contributed by atoms with Crippen molar-refractivity contribution >= 4 is 27.7 Å². The number of halogens is 3. The van der Waals surface area contributed by atoms with Crippen molar-refractivity contribution in [3.05, 3.63) is 45.6 Å². The summed E-state index contributed by atoms with van der Waals surface area (Å²) in [6, 6.07) is 3.59. The van der Waals surface area contributed by atoms with Gasteiger partial charge in [-0.2, -0.15) is 5.10 Å². The Morgan fingerprint density at radius 1 is 1.33 bits per heavy atom. The minimum Gasteiger partial charge on any atom is -0.305 e. The number of carbonyl (C=O) groups is 1. The van der Waals surface area contributed by atoms with Crippen molar-refractivity contribution in [3.8, 4) is 0 Å². The number of H-pyrrole nitrogens is 1. The van der Waals surface area contributed by atoms with Crippen LogP contribution in [-0.4, -0.2) is 16.1 Å². The molecule has 0 aliphatic heterocycles. The van der Waals surface area contributed by atoms with E-state index in [1.54, 1.807) is 13.0 Å². The summed E-state index contributed by atoms with van der Waals surface area (Å²) in [6.07, 6.45) is 0. The van der Waals surface area contributed by atoms with Crippen LogP contribution >= 0.6 is 15.9 Å². The van der Waals surface area contributed by atoms with Crippen molar-refractivity contribution in [3.63, 3.8) is 0 Å². The van der Waals surface area contributed by atoms with Crippen molar-refractivity contribution < 1.29 is 13.6 Å². The Morgan fingerprint density at radius 2 is 1.94 bits per heavy atom. The lowest BCUT2D eigenvalue weighted by Gasteiger charge is -2.05. The largest absolute Gasteiger partial charge is 0.305 e. The molecule has 1 heterocycles. The van der Waals surface area contributed by atoms with E-state index in [0.29, 0.717) is 0 Å². The van der Waals surface area contributed by atoms with Gasteiger partial charge in [-0.25, -0.2) is 8.78 Å². The van der Waals surface area contributed by atoms with Crippen LogP contribution in [0.2, 0.25) is 0 Å². The molecule has 1 amide bonds. The lowest BCUT2D eigenvalue weighted by atomic mass is 10.2. The predicted molar refractivity (Wildman–Crippen MR) is 65.3 cm³/mol. The number of carbonyl (C=O) groups excluding carboxylic acids is 1. The lowest BCUT2D eigenvalue weighted by Crippen LogP contribution is -2.16. The van der Waals surface area contributed by atoms with Crippen LogP contribution in [0.4, 0.5) is 14.6 Å². The molecule has 94 valence electrons. The van der Waals surface area contributed by atoms with Crippen molar-refractivity contribution in [2.75, 3.05) is 5.32 Å². The topological polar surface area (TPSA) is 57.8 Å². The molecule has 0 aliphatic rings. The van der Waals surface area contributed by atoms with Gasteiger partial charge < -0.3 is 5.32 Å². The van der Waals surface area contributed by atoms with Gasteiger partial charge in [-0.1, -0.05) is 15.9 Å². The number of rotatable bonds is 2. The summed E-state index contributed by atoms with van der Waals surface area (Å²) in [4.78, 5) is 11.7. The van der Waals surface area contributed by atoms with E-state index < -0.39 is 23.1 Å². The van der Waals surface area contributed by atoms with Crippen molar-refractivity contribution in [1.82, 2.24) is 10.2 Å². The first kappa shape index (κ1) is 12.7. The van der Waals surface area contributed by atoms with Gasteiger partial charge in [0.2, 0.25) is 0 Å². The third-order valence-corrected chi connectivity index (χ3v) is 2.64. The van der Waals surface area contributed by atoms with Gasteiger partial charge in [0, 0.05) is 16.2 Å². The third-order valence-electron chi connectivity index (χ3n) is 2.18. The highest BCUT2D eigenvalue weighted by atomic mass is 79.9. The number of aryl methyl sites for hydroxylation is 1. The summed E-state index contributed by atoms with van der Waals surface area (Å²) in [5, 5.41) is 8.65. The molecule has 18 heavy (non-hydrogen) atoms. The number of nitrogens with one attached hydrogen (secondary N) is 2. The van der Waals surface area contributed by atoms with Crippen LogP contribution < -0.4 is 5.32 Å². The van der Waals surface area contributed by atoms with Gasteiger partial charge in [-0.3, -0.25) is 9.89 Å². The van der Waals surface area contributed by atoms with E-state index in [2.05, 4.69) is 31.4 Å². The maximum atomic E-state index is 13.5. The quantitative estimate of drug-likeness (QED) is 0.895. The smallest absolute Gasteiger partial charge is 0.262 e. The van der Waals surface area contributed by atoms with E-state index in [1.165, 1.54) is 0 Å². The van der Waals surface area contributed by atoms with Gasteiger partial charge in [0.1, 0.15) is 17.2 Å². The Balaban J connectivity index is 2.29. The van der Waals surface area contributed by atoms with Crippen LogP contribution in [0.3, 0.4) is 0 Å². The summed E-state index contributed by atoms with van der Waals surface area (Å²) >= 11 is 2.94. The maximum absolute atomic E-state index is 13.5. The summed E-state index contributed by atoms with van der Waals surface area (Å²) in [6.45, 7) is 1.74. The SMILES string of the molecule is Cc1cc(NC(=O)c2c(F)cc(Br)cc2F)n[nH]1. The average molecular weight is 316 g/mol. The molecular weight excluding hydrogens is 308 g/mol. The number of anilines is 1. The summed E-state index contributed by atoms with van der Waals surface area (Å²) in [5.41, 5.74) is 0.0842. The van der Waals surface area contributed by atoms with Crippen LogP contribution in [0, 0.1) is 18.6 Å². The first-order valence-corrected chi connectivity index (χ1v) is 5.74. The number of nitrogens with zero attached hydrogens (tertiary/aromatic N) is 1. The summed E-state index contributed by atoms with van der Waals surface area (Å²) < 4.78 is 27.2. The number of amides is 1. The molecular formula is C11H8BrF2N3O. The second-order valence-electron chi connectivity index (χ2n) is 3.63. The van der Waals surface area contributed by atoms with E-state index in [1.807, 2.05) is 0 Å². The lowest BCUT2D eigenvalue weighted by molar-refractivity contribution is 0.101. The fraction of sp³-hybridized carbons (Fsp3) is 0.0909. The molecule has 2 aromatic rings. The summed E-state index contributed by atoms with van der Waals surface area (Å²) in [7, 11) is 0. The van der Waals surface area contributed by atoms with E-state index in [4.69, 9.17) is 0 Å². The number of hydrogen-bond donors (Lipinski definition) is 2. The molecule has 0 fully saturated rings. The fourth-order valence-electron chi connectivity index (χ4n) is 1.42. The minimum absolute atomic E-state index is 0.208.